The number of fused-ring (bicyclic) bond motifs is 2. The number of aliphatic hydroxyl groups is 1. The standard InChI is InChI=1S/C27H25FN4O2/c1-15(33)31-8-7-24-23(14-31)26(18-4-2-3-16(9-18)13-29)30-32(24)27-22-11-19(28)10-20(17-5-6-17)21(22)12-25(27)34/h2-4,9-11,17,25,27,34H,5-8,12,14H2,1H3/t25-,27+/m0/s1. The molecule has 2 aliphatic carbocycles. The third-order valence-electron chi connectivity index (χ3n) is 7.46. The van der Waals surface area contributed by atoms with Crippen molar-refractivity contribution < 1.29 is 14.3 Å². The second-order valence-corrected chi connectivity index (χ2v) is 9.65. The highest BCUT2D eigenvalue weighted by atomic mass is 19.1. The van der Waals surface area contributed by atoms with E-state index in [1.807, 2.05) is 16.8 Å². The van der Waals surface area contributed by atoms with Gasteiger partial charge in [-0.2, -0.15) is 10.4 Å². The van der Waals surface area contributed by atoms with Crippen molar-refractivity contribution in [3.05, 3.63) is 75.7 Å². The summed E-state index contributed by atoms with van der Waals surface area (Å²) < 4.78 is 16.5. The number of amides is 1. The highest BCUT2D eigenvalue weighted by molar-refractivity contribution is 5.75. The molecular formula is C27H25FN4O2. The fraction of sp³-hybridized carbons (Fsp3) is 0.370. The number of nitrogens with zero attached hydrogens (tertiary/aromatic N) is 4. The maximum Gasteiger partial charge on any atom is 0.219 e. The topological polar surface area (TPSA) is 82.2 Å². The first kappa shape index (κ1) is 21.1. The van der Waals surface area contributed by atoms with Crippen LogP contribution in [0.5, 0.6) is 0 Å². The molecular weight excluding hydrogens is 431 g/mol. The number of aliphatic hydroxyl groups excluding tert-OH is 1. The van der Waals surface area contributed by atoms with Gasteiger partial charge in [0.2, 0.25) is 5.91 Å². The van der Waals surface area contributed by atoms with E-state index in [1.54, 1.807) is 36.1 Å². The van der Waals surface area contributed by atoms with Crippen molar-refractivity contribution in [1.29, 1.82) is 5.26 Å². The molecule has 6 nitrogen and oxygen atoms in total. The quantitative estimate of drug-likeness (QED) is 0.649. The summed E-state index contributed by atoms with van der Waals surface area (Å²) in [6.45, 7) is 2.55. The number of halogens is 1. The van der Waals surface area contributed by atoms with E-state index in [9.17, 15) is 19.6 Å². The summed E-state index contributed by atoms with van der Waals surface area (Å²) in [5, 5.41) is 25.6. The van der Waals surface area contributed by atoms with Crippen LogP contribution >= 0.6 is 0 Å². The SMILES string of the molecule is CC(=O)N1CCc2c(c(-c3cccc(C#N)c3)nn2[C@@H]2c3cc(F)cc(C4CC4)c3C[C@@H]2O)C1. The van der Waals surface area contributed by atoms with Crippen molar-refractivity contribution in [2.75, 3.05) is 6.54 Å². The first-order valence-electron chi connectivity index (χ1n) is 11.8. The van der Waals surface area contributed by atoms with Gasteiger partial charge in [-0.15, -0.1) is 0 Å². The Balaban J connectivity index is 1.52. The van der Waals surface area contributed by atoms with E-state index in [2.05, 4.69) is 6.07 Å². The lowest BCUT2D eigenvalue weighted by molar-refractivity contribution is -0.129. The molecule has 7 heteroatoms. The summed E-state index contributed by atoms with van der Waals surface area (Å²) in [4.78, 5) is 13.9. The number of benzene rings is 2. The van der Waals surface area contributed by atoms with Crippen molar-refractivity contribution in [3.63, 3.8) is 0 Å². The van der Waals surface area contributed by atoms with Crippen LogP contribution in [0.4, 0.5) is 4.39 Å². The second-order valence-electron chi connectivity index (χ2n) is 9.65. The van der Waals surface area contributed by atoms with E-state index in [4.69, 9.17) is 5.10 Å². The second kappa shape index (κ2) is 7.78. The predicted molar refractivity (Wildman–Crippen MR) is 123 cm³/mol. The van der Waals surface area contributed by atoms with Crippen LogP contribution in [0.2, 0.25) is 0 Å². The van der Waals surface area contributed by atoms with Crippen LogP contribution in [0.25, 0.3) is 11.3 Å². The van der Waals surface area contributed by atoms with Crippen LogP contribution in [-0.2, 0) is 24.2 Å². The predicted octanol–water partition coefficient (Wildman–Crippen LogP) is 3.85. The third-order valence-corrected chi connectivity index (χ3v) is 7.46. The molecule has 0 saturated heterocycles. The van der Waals surface area contributed by atoms with E-state index in [-0.39, 0.29) is 11.7 Å². The first-order chi connectivity index (χ1) is 16.4. The molecule has 1 aliphatic heterocycles. The van der Waals surface area contributed by atoms with Gasteiger partial charge in [0.05, 0.1) is 23.4 Å². The normalized spacial score (nSPS) is 21.2. The molecule has 2 atom stereocenters. The molecule has 1 N–H and O–H groups in total. The van der Waals surface area contributed by atoms with Gasteiger partial charge < -0.3 is 10.0 Å². The average Bonchev–Trinajstić information content (AvgIpc) is 3.54. The van der Waals surface area contributed by atoms with Crippen molar-refractivity contribution in [2.24, 2.45) is 0 Å². The van der Waals surface area contributed by atoms with E-state index in [0.717, 1.165) is 46.4 Å². The molecule has 1 amide bonds. The van der Waals surface area contributed by atoms with Crippen molar-refractivity contribution in [2.45, 2.75) is 57.2 Å². The number of hydrogen-bond acceptors (Lipinski definition) is 4. The Labute approximate surface area is 197 Å². The van der Waals surface area contributed by atoms with Crippen LogP contribution in [-0.4, -0.2) is 38.3 Å². The van der Waals surface area contributed by atoms with Crippen LogP contribution in [0.1, 0.15) is 65.2 Å². The zero-order chi connectivity index (χ0) is 23.6. The Morgan fingerprint density at radius 3 is 2.74 bits per heavy atom. The minimum Gasteiger partial charge on any atom is -0.390 e. The smallest absolute Gasteiger partial charge is 0.219 e. The van der Waals surface area contributed by atoms with Crippen molar-refractivity contribution >= 4 is 5.91 Å². The largest absolute Gasteiger partial charge is 0.390 e. The molecule has 1 saturated carbocycles. The molecule has 2 heterocycles. The lowest BCUT2D eigenvalue weighted by atomic mass is 9.97. The Hall–Kier alpha value is -3.50. The lowest BCUT2D eigenvalue weighted by Gasteiger charge is -2.28. The van der Waals surface area contributed by atoms with Crippen LogP contribution in [0.15, 0.2) is 36.4 Å². The summed E-state index contributed by atoms with van der Waals surface area (Å²) >= 11 is 0. The number of nitriles is 1. The molecule has 0 bridgehead atoms. The molecule has 3 aromatic rings. The molecule has 6 rings (SSSR count). The van der Waals surface area contributed by atoms with Gasteiger partial charge in [-0.25, -0.2) is 4.39 Å². The van der Waals surface area contributed by atoms with E-state index < -0.39 is 12.1 Å². The average molecular weight is 457 g/mol. The number of carbonyl (C=O) groups is 1. The van der Waals surface area contributed by atoms with E-state index in [1.165, 1.54) is 0 Å². The maximum atomic E-state index is 14.7. The Morgan fingerprint density at radius 1 is 1.21 bits per heavy atom. The van der Waals surface area contributed by atoms with Gasteiger partial charge in [-0.05, 0) is 59.7 Å². The van der Waals surface area contributed by atoms with Crippen LogP contribution < -0.4 is 0 Å². The van der Waals surface area contributed by atoms with Gasteiger partial charge >= 0.3 is 0 Å². The number of carbonyl (C=O) groups excluding carboxylic acids is 1. The number of rotatable bonds is 3. The summed E-state index contributed by atoms with van der Waals surface area (Å²) in [7, 11) is 0. The highest BCUT2D eigenvalue weighted by Gasteiger charge is 2.40. The molecule has 2 aromatic carbocycles. The van der Waals surface area contributed by atoms with E-state index >= 15 is 0 Å². The fourth-order valence-electron chi connectivity index (χ4n) is 5.67. The molecule has 0 unspecified atom stereocenters. The lowest BCUT2D eigenvalue weighted by Crippen LogP contribution is -2.35. The molecule has 172 valence electrons. The molecule has 1 aromatic heterocycles. The zero-order valence-electron chi connectivity index (χ0n) is 19.0. The third kappa shape index (κ3) is 3.33. The Kier molecular flexibility index (Phi) is 4.82. The molecule has 1 fully saturated rings. The van der Waals surface area contributed by atoms with Gasteiger partial charge in [0.25, 0.3) is 0 Å². The van der Waals surface area contributed by atoms with Gasteiger partial charge in [0.1, 0.15) is 11.9 Å². The van der Waals surface area contributed by atoms with Crippen LogP contribution in [0, 0.1) is 17.1 Å². The molecule has 3 aliphatic rings. The summed E-state index contributed by atoms with van der Waals surface area (Å²) in [6.07, 6.45) is 2.51. The zero-order valence-corrected chi connectivity index (χ0v) is 19.0. The number of hydrogen-bond donors (Lipinski definition) is 1. The molecule has 0 spiro atoms. The van der Waals surface area contributed by atoms with Gasteiger partial charge in [0, 0.05) is 49.7 Å². The van der Waals surface area contributed by atoms with Gasteiger partial charge in [-0.1, -0.05) is 12.1 Å². The Bertz CT molecular complexity index is 1370. The number of aromatic nitrogens is 2. The monoisotopic (exact) mass is 456 g/mol. The Morgan fingerprint density at radius 2 is 2.00 bits per heavy atom. The minimum atomic E-state index is -0.706. The summed E-state index contributed by atoms with van der Waals surface area (Å²) in [6, 6.07) is 12.1. The minimum absolute atomic E-state index is 0.00230. The summed E-state index contributed by atoms with van der Waals surface area (Å²) in [5.41, 5.74) is 6.82. The fourth-order valence-corrected chi connectivity index (χ4v) is 5.67. The van der Waals surface area contributed by atoms with E-state index in [0.29, 0.717) is 43.1 Å². The molecule has 34 heavy (non-hydrogen) atoms. The van der Waals surface area contributed by atoms with Gasteiger partial charge in [-0.3, -0.25) is 9.48 Å². The first-order valence-corrected chi connectivity index (χ1v) is 11.8. The molecule has 0 radical (unpaired) electrons. The van der Waals surface area contributed by atoms with Crippen molar-refractivity contribution in [3.8, 4) is 17.3 Å². The van der Waals surface area contributed by atoms with Crippen LogP contribution in [0.3, 0.4) is 0 Å². The highest BCUT2D eigenvalue weighted by Crippen LogP contribution is 2.48. The maximum absolute atomic E-state index is 14.7. The summed E-state index contributed by atoms with van der Waals surface area (Å²) in [5.74, 6) is 0.110. The van der Waals surface area contributed by atoms with Crippen molar-refractivity contribution in [1.82, 2.24) is 14.7 Å². The van der Waals surface area contributed by atoms with Gasteiger partial charge in [0.15, 0.2) is 0 Å².